The lowest BCUT2D eigenvalue weighted by Gasteiger charge is -2.23. The fourth-order valence-electron chi connectivity index (χ4n) is 1.89. The van der Waals surface area contributed by atoms with E-state index in [0.717, 1.165) is 25.2 Å². The van der Waals surface area contributed by atoms with Crippen molar-refractivity contribution in [1.29, 1.82) is 0 Å². The number of nitrogens with zero attached hydrogens (tertiary/aromatic N) is 1. The summed E-state index contributed by atoms with van der Waals surface area (Å²) >= 11 is 0. The second kappa shape index (κ2) is 7.75. The van der Waals surface area contributed by atoms with Gasteiger partial charge in [0, 0.05) is 31.7 Å². The van der Waals surface area contributed by atoms with Crippen LogP contribution in [0.1, 0.15) is 30.6 Å². The molecule has 1 aromatic carbocycles. The number of carbonyl (C=O) groups is 1. The molecule has 1 amide bonds. The normalized spacial score (nSPS) is 12.2. The second-order valence-corrected chi connectivity index (χ2v) is 5.05. The number of nitrogen functional groups attached to an aromatic ring is 1. The molecular formula is C15H26N4O. The second-order valence-electron chi connectivity index (χ2n) is 5.05. The SMILES string of the molecule is CCC(C)N(C)CCNc1cc(C(=O)NC)ccc1N. The Morgan fingerprint density at radius 2 is 2.15 bits per heavy atom. The molecule has 0 aromatic heterocycles. The maximum atomic E-state index is 11.6. The van der Waals surface area contributed by atoms with Gasteiger partial charge in [0.05, 0.1) is 11.4 Å². The van der Waals surface area contributed by atoms with Gasteiger partial charge >= 0.3 is 0 Å². The molecule has 0 fully saturated rings. The smallest absolute Gasteiger partial charge is 0.251 e. The summed E-state index contributed by atoms with van der Waals surface area (Å²) in [5.74, 6) is -0.107. The molecular weight excluding hydrogens is 252 g/mol. The van der Waals surface area contributed by atoms with Crippen LogP contribution in [0, 0.1) is 0 Å². The van der Waals surface area contributed by atoms with E-state index in [0.29, 0.717) is 17.3 Å². The maximum Gasteiger partial charge on any atom is 0.251 e. The lowest BCUT2D eigenvalue weighted by atomic mass is 10.1. The molecule has 5 heteroatoms. The van der Waals surface area contributed by atoms with Gasteiger partial charge in [-0.05, 0) is 38.6 Å². The van der Waals surface area contributed by atoms with Gasteiger partial charge in [0.2, 0.25) is 0 Å². The minimum absolute atomic E-state index is 0.107. The fourth-order valence-corrected chi connectivity index (χ4v) is 1.89. The van der Waals surface area contributed by atoms with Crippen molar-refractivity contribution in [3.63, 3.8) is 0 Å². The number of amides is 1. The van der Waals surface area contributed by atoms with Gasteiger partial charge in [-0.15, -0.1) is 0 Å². The summed E-state index contributed by atoms with van der Waals surface area (Å²) in [6.45, 7) is 6.11. The van der Waals surface area contributed by atoms with Gasteiger partial charge in [-0.1, -0.05) is 6.92 Å². The Morgan fingerprint density at radius 3 is 2.75 bits per heavy atom. The van der Waals surface area contributed by atoms with Crippen LogP contribution in [-0.2, 0) is 0 Å². The Bertz CT molecular complexity index is 447. The number of nitrogens with one attached hydrogen (secondary N) is 2. The number of hydrogen-bond acceptors (Lipinski definition) is 4. The summed E-state index contributed by atoms with van der Waals surface area (Å²) in [6, 6.07) is 5.83. The third-order valence-corrected chi connectivity index (χ3v) is 3.67. The monoisotopic (exact) mass is 278 g/mol. The molecule has 1 aromatic rings. The van der Waals surface area contributed by atoms with Crippen LogP contribution >= 0.6 is 0 Å². The lowest BCUT2D eigenvalue weighted by molar-refractivity contribution is 0.0963. The van der Waals surface area contributed by atoms with Crippen molar-refractivity contribution in [2.45, 2.75) is 26.3 Å². The number of rotatable bonds is 7. The molecule has 0 radical (unpaired) electrons. The van der Waals surface area contributed by atoms with Crippen molar-refractivity contribution in [3.05, 3.63) is 23.8 Å². The van der Waals surface area contributed by atoms with E-state index < -0.39 is 0 Å². The number of anilines is 2. The fraction of sp³-hybridized carbons (Fsp3) is 0.533. The standard InChI is InChI=1S/C15H26N4O/c1-5-11(2)19(4)9-8-18-14-10-12(15(20)17-3)6-7-13(14)16/h6-7,10-11,18H,5,8-9,16H2,1-4H3,(H,17,20). The van der Waals surface area contributed by atoms with Crippen LogP contribution < -0.4 is 16.4 Å². The Balaban J connectivity index is 2.61. The minimum Gasteiger partial charge on any atom is -0.397 e. The van der Waals surface area contributed by atoms with Crippen LogP contribution in [-0.4, -0.2) is 44.0 Å². The molecule has 0 saturated carbocycles. The van der Waals surface area contributed by atoms with Crippen molar-refractivity contribution in [2.75, 3.05) is 38.2 Å². The zero-order valence-corrected chi connectivity index (χ0v) is 12.9. The molecule has 4 N–H and O–H groups in total. The topological polar surface area (TPSA) is 70.4 Å². The molecule has 1 unspecified atom stereocenters. The Morgan fingerprint density at radius 1 is 1.45 bits per heavy atom. The first-order chi connectivity index (χ1) is 9.49. The van der Waals surface area contributed by atoms with Crippen LogP contribution in [0.25, 0.3) is 0 Å². The van der Waals surface area contributed by atoms with Crippen molar-refractivity contribution in [3.8, 4) is 0 Å². The first-order valence-electron chi connectivity index (χ1n) is 7.05. The average Bonchev–Trinajstić information content (AvgIpc) is 2.47. The van der Waals surface area contributed by atoms with Crippen molar-refractivity contribution in [1.82, 2.24) is 10.2 Å². The molecule has 0 bridgehead atoms. The highest BCUT2D eigenvalue weighted by molar-refractivity contribution is 5.96. The highest BCUT2D eigenvalue weighted by Gasteiger charge is 2.08. The Labute approximate surface area is 121 Å². The van der Waals surface area contributed by atoms with E-state index in [2.05, 4.69) is 36.4 Å². The summed E-state index contributed by atoms with van der Waals surface area (Å²) in [5, 5.41) is 5.90. The summed E-state index contributed by atoms with van der Waals surface area (Å²) < 4.78 is 0. The van der Waals surface area contributed by atoms with E-state index in [9.17, 15) is 4.79 Å². The van der Waals surface area contributed by atoms with Crippen molar-refractivity contribution in [2.24, 2.45) is 0 Å². The van der Waals surface area contributed by atoms with Gasteiger partial charge in [0.25, 0.3) is 5.91 Å². The molecule has 0 aliphatic carbocycles. The number of nitrogens with two attached hydrogens (primary N) is 1. The number of likely N-dealkylation sites (N-methyl/N-ethyl adjacent to an activating group) is 1. The van der Waals surface area contributed by atoms with Gasteiger partial charge in [0.15, 0.2) is 0 Å². The van der Waals surface area contributed by atoms with Crippen LogP contribution in [0.15, 0.2) is 18.2 Å². The quantitative estimate of drug-likeness (QED) is 0.665. The highest BCUT2D eigenvalue weighted by atomic mass is 16.1. The third-order valence-electron chi connectivity index (χ3n) is 3.67. The molecule has 1 rings (SSSR count). The van der Waals surface area contributed by atoms with Crippen LogP contribution in [0.4, 0.5) is 11.4 Å². The van der Waals surface area contributed by atoms with Crippen molar-refractivity contribution < 1.29 is 4.79 Å². The number of hydrogen-bond donors (Lipinski definition) is 3. The number of benzene rings is 1. The molecule has 0 saturated heterocycles. The van der Waals surface area contributed by atoms with E-state index in [4.69, 9.17) is 5.73 Å². The zero-order valence-electron chi connectivity index (χ0n) is 12.9. The van der Waals surface area contributed by atoms with Crippen molar-refractivity contribution >= 4 is 17.3 Å². The Hall–Kier alpha value is -1.75. The molecule has 5 nitrogen and oxygen atoms in total. The summed E-state index contributed by atoms with van der Waals surface area (Å²) in [7, 11) is 3.73. The van der Waals surface area contributed by atoms with Crippen LogP contribution in [0.3, 0.4) is 0 Å². The van der Waals surface area contributed by atoms with Gasteiger partial charge in [-0.2, -0.15) is 0 Å². The molecule has 0 heterocycles. The van der Waals surface area contributed by atoms with E-state index in [-0.39, 0.29) is 5.91 Å². The van der Waals surface area contributed by atoms with Crippen LogP contribution in [0.5, 0.6) is 0 Å². The van der Waals surface area contributed by atoms with E-state index >= 15 is 0 Å². The predicted molar refractivity (Wildman–Crippen MR) is 85.1 cm³/mol. The maximum absolute atomic E-state index is 11.6. The van der Waals surface area contributed by atoms with E-state index in [1.165, 1.54) is 0 Å². The van der Waals surface area contributed by atoms with E-state index in [1.54, 1.807) is 25.2 Å². The largest absolute Gasteiger partial charge is 0.397 e. The molecule has 20 heavy (non-hydrogen) atoms. The average molecular weight is 278 g/mol. The number of carbonyl (C=O) groups excluding carboxylic acids is 1. The van der Waals surface area contributed by atoms with Gasteiger partial charge in [-0.25, -0.2) is 0 Å². The van der Waals surface area contributed by atoms with Gasteiger partial charge in [0.1, 0.15) is 0 Å². The third kappa shape index (κ3) is 4.42. The minimum atomic E-state index is -0.107. The molecule has 1 atom stereocenters. The van der Waals surface area contributed by atoms with E-state index in [1.807, 2.05) is 0 Å². The molecule has 0 aliphatic heterocycles. The predicted octanol–water partition coefficient (Wildman–Crippen LogP) is 1.77. The highest BCUT2D eigenvalue weighted by Crippen LogP contribution is 2.19. The van der Waals surface area contributed by atoms with Crippen LogP contribution in [0.2, 0.25) is 0 Å². The summed E-state index contributed by atoms with van der Waals surface area (Å²) in [4.78, 5) is 13.9. The Kier molecular flexibility index (Phi) is 6.31. The lowest BCUT2D eigenvalue weighted by Crippen LogP contribution is -2.32. The first kappa shape index (κ1) is 16.3. The molecule has 0 spiro atoms. The summed E-state index contributed by atoms with van der Waals surface area (Å²) in [6.07, 6.45) is 1.13. The zero-order chi connectivity index (χ0) is 15.1. The molecule has 0 aliphatic rings. The summed E-state index contributed by atoms with van der Waals surface area (Å²) in [5.41, 5.74) is 8.00. The van der Waals surface area contributed by atoms with Gasteiger partial charge in [-0.3, -0.25) is 4.79 Å². The first-order valence-corrected chi connectivity index (χ1v) is 7.05. The molecule has 112 valence electrons. The van der Waals surface area contributed by atoms with Gasteiger partial charge < -0.3 is 21.3 Å².